The Kier molecular flexibility index (Phi) is 4.14. The van der Waals surface area contributed by atoms with Crippen LogP contribution < -0.4 is 15.6 Å². The van der Waals surface area contributed by atoms with Gasteiger partial charge in [0.2, 0.25) is 0 Å². The van der Waals surface area contributed by atoms with Crippen LogP contribution in [0, 0.1) is 5.92 Å². The van der Waals surface area contributed by atoms with Crippen LogP contribution in [0.4, 0.5) is 0 Å². The fourth-order valence-electron chi connectivity index (χ4n) is 2.06. The van der Waals surface area contributed by atoms with E-state index < -0.39 is 0 Å². The van der Waals surface area contributed by atoms with E-state index in [4.69, 9.17) is 4.74 Å². The Hall–Kier alpha value is -1.36. The van der Waals surface area contributed by atoms with Gasteiger partial charge in [-0.3, -0.25) is 4.79 Å². The summed E-state index contributed by atoms with van der Waals surface area (Å²) < 4.78 is 7.07. The van der Waals surface area contributed by atoms with E-state index in [0.29, 0.717) is 19.1 Å². The van der Waals surface area contributed by atoms with Gasteiger partial charge in [0.15, 0.2) is 0 Å². The van der Waals surface area contributed by atoms with Crippen molar-refractivity contribution in [3.8, 4) is 5.88 Å². The van der Waals surface area contributed by atoms with Crippen molar-refractivity contribution in [3.63, 3.8) is 0 Å². The lowest BCUT2D eigenvalue weighted by atomic mass is 10.1. The smallest absolute Gasteiger partial charge is 0.313 e. The van der Waals surface area contributed by atoms with Crippen molar-refractivity contribution in [1.82, 2.24) is 14.9 Å². The largest absolute Gasteiger partial charge is 0.474 e. The Morgan fingerprint density at radius 2 is 2.53 bits per heavy atom. The molecule has 0 radical (unpaired) electrons. The Labute approximate surface area is 101 Å². The number of hydrogen-bond donors (Lipinski definition) is 1. The molecule has 1 aliphatic rings. The van der Waals surface area contributed by atoms with Gasteiger partial charge in [-0.1, -0.05) is 0 Å². The minimum absolute atomic E-state index is 0.139. The Bertz CT molecular complexity index is 410. The third kappa shape index (κ3) is 3.06. The first-order valence-electron chi connectivity index (χ1n) is 6.20. The quantitative estimate of drug-likeness (QED) is 0.816. The first kappa shape index (κ1) is 12.1. The average Bonchev–Trinajstić information content (AvgIpc) is 2.84. The normalized spacial score (nSPS) is 19.5. The van der Waals surface area contributed by atoms with Crippen LogP contribution >= 0.6 is 0 Å². The Morgan fingerprint density at radius 1 is 1.65 bits per heavy atom. The molecule has 0 saturated carbocycles. The van der Waals surface area contributed by atoms with Crippen molar-refractivity contribution in [1.29, 1.82) is 0 Å². The highest BCUT2D eigenvalue weighted by Gasteiger charge is 2.14. The van der Waals surface area contributed by atoms with E-state index in [1.807, 2.05) is 6.92 Å². The molecule has 1 aliphatic heterocycles. The second-order valence-corrected chi connectivity index (χ2v) is 4.32. The number of ether oxygens (including phenoxy) is 1. The van der Waals surface area contributed by atoms with E-state index in [1.54, 1.807) is 17.0 Å². The highest BCUT2D eigenvalue weighted by Crippen LogP contribution is 2.12. The number of rotatable bonds is 5. The molecule has 1 N–H and O–H groups in total. The second kappa shape index (κ2) is 5.82. The lowest BCUT2D eigenvalue weighted by molar-refractivity contribution is 0.268. The fraction of sp³-hybridized carbons (Fsp3) is 0.667. The second-order valence-electron chi connectivity index (χ2n) is 4.32. The van der Waals surface area contributed by atoms with E-state index >= 15 is 0 Å². The summed E-state index contributed by atoms with van der Waals surface area (Å²) >= 11 is 0. The predicted molar refractivity (Wildman–Crippen MR) is 65.3 cm³/mol. The van der Waals surface area contributed by atoms with E-state index in [9.17, 15) is 4.79 Å². The summed E-state index contributed by atoms with van der Waals surface area (Å²) in [4.78, 5) is 15.8. The summed E-state index contributed by atoms with van der Waals surface area (Å²) in [7, 11) is 0. The van der Waals surface area contributed by atoms with Gasteiger partial charge in [-0.15, -0.1) is 0 Å². The summed E-state index contributed by atoms with van der Waals surface area (Å²) in [5, 5.41) is 3.31. The molecule has 0 aromatic carbocycles. The van der Waals surface area contributed by atoms with Gasteiger partial charge in [0.05, 0.1) is 6.61 Å². The summed E-state index contributed by atoms with van der Waals surface area (Å²) in [6, 6.07) is 0. The molecule has 1 saturated heterocycles. The zero-order valence-electron chi connectivity index (χ0n) is 10.2. The molecule has 1 fully saturated rings. The molecule has 0 aliphatic carbocycles. The van der Waals surface area contributed by atoms with Gasteiger partial charge in [0.25, 0.3) is 5.88 Å². The standard InChI is InChI=1S/C12H19N3O2/c1-2-15-7-6-14-11(12(15)16)17-8-4-10-3-5-13-9-10/h6-7,10,13H,2-5,8-9H2,1H3. The van der Waals surface area contributed by atoms with Crippen LogP contribution in [-0.2, 0) is 6.54 Å². The molecule has 5 heteroatoms. The van der Waals surface area contributed by atoms with Crippen molar-refractivity contribution >= 4 is 0 Å². The summed E-state index contributed by atoms with van der Waals surface area (Å²) in [6.45, 7) is 5.30. The third-order valence-electron chi connectivity index (χ3n) is 3.15. The van der Waals surface area contributed by atoms with Gasteiger partial charge in [-0.25, -0.2) is 4.98 Å². The molecule has 0 bridgehead atoms. The first-order valence-corrected chi connectivity index (χ1v) is 6.20. The maximum Gasteiger partial charge on any atom is 0.313 e. The number of hydrogen-bond acceptors (Lipinski definition) is 4. The van der Waals surface area contributed by atoms with Crippen LogP contribution in [-0.4, -0.2) is 29.2 Å². The molecule has 1 atom stereocenters. The molecule has 0 spiro atoms. The molecule has 2 heterocycles. The van der Waals surface area contributed by atoms with Gasteiger partial charge in [0, 0.05) is 18.9 Å². The monoisotopic (exact) mass is 237 g/mol. The molecule has 5 nitrogen and oxygen atoms in total. The van der Waals surface area contributed by atoms with Crippen LogP contribution in [0.15, 0.2) is 17.2 Å². The zero-order valence-corrected chi connectivity index (χ0v) is 10.2. The van der Waals surface area contributed by atoms with Gasteiger partial charge in [0.1, 0.15) is 0 Å². The fourth-order valence-corrected chi connectivity index (χ4v) is 2.06. The van der Waals surface area contributed by atoms with E-state index in [0.717, 1.165) is 19.5 Å². The zero-order chi connectivity index (χ0) is 12.1. The number of nitrogens with zero attached hydrogens (tertiary/aromatic N) is 2. The van der Waals surface area contributed by atoms with E-state index in [1.165, 1.54) is 6.42 Å². The van der Waals surface area contributed by atoms with Crippen LogP contribution in [0.5, 0.6) is 5.88 Å². The van der Waals surface area contributed by atoms with Gasteiger partial charge in [-0.2, -0.15) is 0 Å². The van der Waals surface area contributed by atoms with E-state index in [-0.39, 0.29) is 11.4 Å². The molecule has 2 rings (SSSR count). The summed E-state index contributed by atoms with van der Waals surface area (Å²) in [5.41, 5.74) is -0.139. The lowest BCUT2D eigenvalue weighted by Crippen LogP contribution is -2.22. The minimum atomic E-state index is -0.139. The van der Waals surface area contributed by atoms with Crippen molar-refractivity contribution in [3.05, 3.63) is 22.7 Å². The average molecular weight is 237 g/mol. The van der Waals surface area contributed by atoms with Crippen molar-refractivity contribution in [2.24, 2.45) is 5.92 Å². The molecule has 1 aromatic heterocycles. The summed E-state index contributed by atoms with van der Waals surface area (Å²) in [6.07, 6.45) is 5.47. The lowest BCUT2D eigenvalue weighted by Gasteiger charge is -2.09. The van der Waals surface area contributed by atoms with Crippen LogP contribution in [0.25, 0.3) is 0 Å². The van der Waals surface area contributed by atoms with Crippen molar-refractivity contribution in [2.75, 3.05) is 19.7 Å². The van der Waals surface area contributed by atoms with Gasteiger partial charge in [-0.05, 0) is 38.8 Å². The van der Waals surface area contributed by atoms with Crippen molar-refractivity contribution < 1.29 is 4.74 Å². The maximum absolute atomic E-state index is 11.8. The molecule has 17 heavy (non-hydrogen) atoms. The first-order chi connectivity index (χ1) is 8.31. The van der Waals surface area contributed by atoms with Crippen LogP contribution in [0.1, 0.15) is 19.8 Å². The van der Waals surface area contributed by atoms with Gasteiger partial charge < -0.3 is 14.6 Å². The van der Waals surface area contributed by atoms with Crippen LogP contribution in [0.2, 0.25) is 0 Å². The molecule has 1 aromatic rings. The van der Waals surface area contributed by atoms with Gasteiger partial charge >= 0.3 is 5.56 Å². The van der Waals surface area contributed by atoms with Crippen molar-refractivity contribution in [2.45, 2.75) is 26.3 Å². The Balaban J connectivity index is 1.88. The third-order valence-corrected chi connectivity index (χ3v) is 3.15. The highest BCUT2D eigenvalue weighted by atomic mass is 16.5. The minimum Gasteiger partial charge on any atom is -0.474 e. The van der Waals surface area contributed by atoms with E-state index in [2.05, 4.69) is 10.3 Å². The molecular formula is C12H19N3O2. The number of aryl methyl sites for hydroxylation is 1. The SMILES string of the molecule is CCn1ccnc(OCCC2CCNC2)c1=O. The van der Waals surface area contributed by atoms with Crippen LogP contribution in [0.3, 0.4) is 0 Å². The number of aromatic nitrogens is 2. The summed E-state index contributed by atoms with van der Waals surface area (Å²) in [5.74, 6) is 0.896. The predicted octanol–water partition coefficient (Wildman–Crippen LogP) is 0.642. The maximum atomic E-state index is 11.8. The Morgan fingerprint density at radius 3 is 3.24 bits per heavy atom. The molecule has 94 valence electrons. The molecule has 1 unspecified atom stereocenters. The highest BCUT2D eigenvalue weighted by molar-refractivity contribution is 5.04. The molecular weight excluding hydrogens is 218 g/mol. The topological polar surface area (TPSA) is 56.1 Å². The molecule has 0 amide bonds. The number of nitrogens with one attached hydrogen (secondary N) is 1.